The van der Waals surface area contributed by atoms with E-state index in [0.29, 0.717) is 12.0 Å². The molecule has 11 heteroatoms. The van der Waals surface area contributed by atoms with Crippen molar-refractivity contribution in [1.82, 2.24) is 0 Å². The summed E-state index contributed by atoms with van der Waals surface area (Å²) in [6.07, 6.45) is -5.06. The molecule has 3 aromatic rings. The van der Waals surface area contributed by atoms with Gasteiger partial charge in [0.2, 0.25) is 0 Å². The summed E-state index contributed by atoms with van der Waals surface area (Å²) in [5, 5.41) is 0. The highest BCUT2D eigenvalue weighted by atomic mass is 32.1. The lowest BCUT2D eigenvalue weighted by atomic mass is 9.88. The minimum absolute atomic E-state index is 0.296. The molecule has 228 valence electrons. The van der Waals surface area contributed by atoms with Gasteiger partial charge in [0.05, 0.1) is 0 Å². The molecule has 0 spiro atoms. The maximum atomic E-state index is 13.4. The number of aryl methyl sites for hydroxylation is 1. The van der Waals surface area contributed by atoms with Crippen molar-refractivity contribution in [3.63, 3.8) is 0 Å². The van der Waals surface area contributed by atoms with Crippen LogP contribution in [0.3, 0.4) is 0 Å². The quantitative estimate of drug-likeness (QED) is 0.236. The molecule has 0 radical (unpaired) electrons. The lowest BCUT2D eigenvalue weighted by Gasteiger charge is -2.44. The monoisotopic (exact) mass is 612 g/mol. The van der Waals surface area contributed by atoms with Crippen molar-refractivity contribution in [3.05, 3.63) is 82.0 Å². The van der Waals surface area contributed by atoms with Gasteiger partial charge in [0.1, 0.15) is 24.6 Å². The molecular weight excluding hydrogens is 579 g/mol. The molecule has 1 fully saturated rings. The minimum Gasteiger partial charge on any atom is -0.463 e. The second-order valence-electron chi connectivity index (χ2n) is 10.3. The zero-order valence-electron chi connectivity index (χ0n) is 24.5. The van der Waals surface area contributed by atoms with Crippen LogP contribution in [0.1, 0.15) is 55.4 Å². The van der Waals surface area contributed by atoms with Gasteiger partial charge in [0, 0.05) is 43.9 Å². The molecule has 1 aliphatic rings. The fraction of sp³-hybridized carbons (Fsp3) is 0.375. The maximum Gasteiger partial charge on any atom is 0.303 e. The largest absolute Gasteiger partial charge is 0.463 e. The van der Waals surface area contributed by atoms with E-state index in [1.807, 2.05) is 37.3 Å². The van der Waals surface area contributed by atoms with E-state index in [4.69, 9.17) is 23.7 Å². The molecule has 43 heavy (non-hydrogen) atoms. The Morgan fingerprint density at radius 3 is 2.05 bits per heavy atom. The molecule has 4 rings (SSSR count). The van der Waals surface area contributed by atoms with Crippen molar-refractivity contribution in [1.29, 1.82) is 0 Å². The van der Waals surface area contributed by atoms with Crippen molar-refractivity contribution in [3.8, 4) is 10.4 Å². The third-order valence-electron chi connectivity index (χ3n) is 6.85. The summed E-state index contributed by atoms with van der Waals surface area (Å²) in [6.45, 7) is 6.48. The molecule has 0 bridgehead atoms. The van der Waals surface area contributed by atoms with Gasteiger partial charge in [-0.1, -0.05) is 30.3 Å². The second kappa shape index (κ2) is 13.9. The highest BCUT2D eigenvalue weighted by Gasteiger charge is 2.52. The highest BCUT2D eigenvalue weighted by molar-refractivity contribution is 7.15. The van der Waals surface area contributed by atoms with Crippen molar-refractivity contribution in [2.24, 2.45) is 0 Å². The first kappa shape index (κ1) is 31.8. The van der Waals surface area contributed by atoms with Crippen molar-refractivity contribution < 1.29 is 47.3 Å². The summed E-state index contributed by atoms with van der Waals surface area (Å²) in [5.74, 6) is -2.91. The normalized spacial score (nSPS) is 21.5. The molecule has 0 aliphatic carbocycles. The van der Waals surface area contributed by atoms with Gasteiger partial charge in [-0.15, -0.1) is 11.3 Å². The number of carbonyl (C=O) groups excluding carboxylic acids is 4. The number of benzene rings is 2. The SMILES string of the molecule is CC(=O)OCC1O[C@@H](c2ccc(C)c(Cc3ccc(-c4ccc(F)cc4)s3)c2)[C@H](OC(C)=O)[C@@H](OC(C)=O)[C@@H]1OC(C)=O. The van der Waals surface area contributed by atoms with Crippen LogP contribution in [0.5, 0.6) is 0 Å². The topological polar surface area (TPSA) is 114 Å². The highest BCUT2D eigenvalue weighted by Crippen LogP contribution is 2.39. The molecule has 1 aromatic heterocycles. The zero-order chi connectivity index (χ0) is 31.3. The van der Waals surface area contributed by atoms with Crippen LogP contribution in [-0.4, -0.2) is 54.9 Å². The van der Waals surface area contributed by atoms with E-state index in [0.717, 1.165) is 26.4 Å². The fourth-order valence-corrected chi connectivity index (χ4v) is 6.02. The predicted molar refractivity (Wildman–Crippen MR) is 155 cm³/mol. The van der Waals surface area contributed by atoms with Gasteiger partial charge in [0.15, 0.2) is 18.3 Å². The van der Waals surface area contributed by atoms with Crippen LogP contribution < -0.4 is 0 Å². The smallest absolute Gasteiger partial charge is 0.303 e. The predicted octanol–water partition coefficient (Wildman–Crippen LogP) is 5.25. The second-order valence-corrected chi connectivity index (χ2v) is 11.4. The number of esters is 4. The third kappa shape index (κ3) is 8.26. The number of hydrogen-bond acceptors (Lipinski definition) is 10. The zero-order valence-corrected chi connectivity index (χ0v) is 25.3. The Morgan fingerprint density at radius 2 is 1.42 bits per heavy atom. The summed E-state index contributed by atoms with van der Waals surface area (Å²) < 4.78 is 41.6. The van der Waals surface area contributed by atoms with E-state index in [-0.39, 0.29) is 12.4 Å². The van der Waals surface area contributed by atoms with Crippen LogP contribution in [0.4, 0.5) is 4.39 Å². The molecule has 1 saturated heterocycles. The van der Waals surface area contributed by atoms with Gasteiger partial charge < -0.3 is 23.7 Å². The molecule has 5 atom stereocenters. The summed E-state index contributed by atoms with van der Waals surface area (Å²) in [6, 6.07) is 16.0. The van der Waals surface area contributed by atoms with Crippen molar-refractivity contribution in [2.75, 3.05) is 6.61 Å². The number of halogens is 1. The average Bonchev–Trinajstić information content (AvgIpc) is 3.39. The summed E-state index contributed by atoms with van der Waals surface area (Å²) in [7, 11) is 0. The first-order chi connectivity index (χ1) is 20.4. The molecular formula is C32H33FO9S. The van der Waals surface area contributed by atoms with Gasteiger partial charge in [0.25, 0.3) is 0 Å². The molecule has 1 aliphatic heterocycles. The van der Waals surface area contributed by atoms with E-state index in [2.05, 4.69) is 0 Å². The molecule has 0 amide bonds. The molecule has 9 nitrogen and oxygen atoms in total. The Morgan fingerprint density at radius 1 is 0.791 bits per heavy atom. The third-order valence-corrected chi connectivity index (χ3v) is 7.98. The van der Waals surface area contributed by atoms with Crippen molar-refractivity contribution >= 4 is 35.2 Å². The van der Waals surface area contributed by atoms with E-state index in [1.54, 1.807) is 23.5 Å². The fourth-order valence-electron chi connectivity index (χ4n) is 4.99. The number of rotatable bonds is 9. The van der Waals surface area contributed by atoms with Crippen LogP contribution in [-0.2, 0) is 49.3 Å². The summed E-state index contributed by atoms with van der Waals surface area (Å²) >= 11 is 1.59. The van der Waals surface area contributed by atoms with Crippen LogP contribution >= 0.6 is 11.3 Å². The Balaban J connectivity index is 1.70. The molecule has 2 heterocycles. The van der Waals surface area contributed by atoms with Crippen LogP contribution in [0.25, 0.3) is 10.4 Å². The molecule has 0 N–H and O–H groups in total. The summed E-state index contributed by atoms with van der Waals surface area (Å²) in [4.78, 5) is 50.1. The van der Waals surface area contributed by atoms with Gasteiger partial charge in [-0.25, -0.2) is 4.39 Å². The molecule has 0 saturated carbocycles. The van der Waals surface area contributed by atoms with Crippen molar-refractivity contribution in [2.45, 2.75) is 71.6 Å². The average molecular weight is 613 g/mol. The standard InChI is InChI=1S/C32H33FO9S/c1-17-6-7-23(14-24(17)15-26-12-13-28(43-26)22-8-10-25(33)11-9-22)29-31(40-20(4)36)32(41-21(5)37)30(39-19(3)35)27(42-29)16-38-18(2)34/h6-14,27,29-32H,15-16H2,1-5H3/t27?,29-,30+,31-,32-/m0/s1. The van der Waals surface area contributed by atoms with Crippen LogP contribution in [0.2, 0.25) is 0 Å². The van der Waals surface area contributed by atoms with Gasteiger partial charge in [-0.05, 0) is 53.4 Å². The number of thiophene rings is 1. The minimum atomic E-state index is -1.25. The van der Waals surface area contributed by atoms with E-state index in [1.165, 1.54) is 39.8 Å². The number of hydrogen-bond donors (Lipinski definition) is 0. The van der Waals surface area contributed by atoms with Gasteiger partial charge in [-0.2, -0.15) is 0 Å². The molecule has 2 aromatic carbocycles. The van der Waals surface area contributed by atoms with E-state index in [9.17, 15) is 23.6 Å². The number of carbonyl (C=O) groups is 4. The van der Waals surface area contributed by atoms with Crippen LogP contribution in [0.15, 0.2) is 54.6 Å². The van der Waals surface area contributed by atoms with E-state index < -0.39 is 54.4 Å². The Hall–Kier alpha value is -4.09. The van der Waals surface area contributed by atoms with Gasteiger partial charge >= 0.3 is 23.9 Å². The van der Waals surface area contributed by atoms with Gasteiger partial charge in [-0.3, -0.25) is 19.2 Å². The lowest BCUT2D eigenvalue weighted by Crippen LogP contribution is -2.59. The number of ether oxygens (including phenoxy) is 5. The first-order valence-corrected chi connectivity index (χ1v) is 14.5. The molecule has 1 unspecified atom stereocenters. The maximum absolute atomic E-state index is 13.4. The first-order valence-electron chi connectivity index (χ1n) is 13.7. The summed E-state index contributed by atoms with van der Waals surface area (Å²) in [5.41, 5.74) is 3.51. The Kier molecular flexibility index (Phi) is 10.3. The lowest BCUT2D eigenvalue weighted by molar-refractivity contribution is -0.254. The Bertz CT molecular complexity index is 1480. The Labute approximate surface area is 252 Å². The van der Waals surface area contributed by atoms with Crippen LogP contribution in [0, 0.1) is 12.7 Å². The van der Waals surface area contributed by atoms with E-state index >= 15 is 0 Å².